The van der Waals surface area contributed by atoms with E-state index >= 15 is 0 Å². The third-order valence-electron chi connectivity index (χ3n) is 3.55. The van der Waals surface area contributed by atoms with Crippen LogP contribution in [0.15, 0.2) is 0 Å². The Bertz CT molecular complexity index is 402. The smallest absolute Gasteiger partial charge is 0.226 e. The van der Waals surface area contributed by atoms with Gasteiger partial charge in [-0.3, -0.25) is 4.79 Å². The fraction of sp³-hybridized carbons (Fsp3) is 0.667. The maximum Gasteiger partial charge on any atom is 0.226 e. The van der Waals surface area contributed by atoms with E-state index in [1.54, 1.807) is 11.3 Å². The number of rotatable bonds is 3. The minimum atomic E-state index is 0.133. The lowest BCUT2D eigenvalue weighted by Crippen LogP contribution is -2.22. The second-order valence-electron chi connectivity index (χ2n) is 4.86. The van der Waals surface area contributed by atoms with Crippen molar-refractivity contribution in [1.82, 2.24) is 10.3 Å². The van der Waals surface area contributed by atoms with Crippen molar-refractivity contribution in [2.24, 2.45) is 5.92 Å². The van der Waals surface area contributed by atoms with Gasteiger partial charge < -0.3 is 10.6 Å². The van der Waals surface area contributed by atoms with E-state index in [9.17, 15) is 4.79 Å². The summed E-state index contributed by atoms with van der Waals surface area (Å²) in [6, 6.07) is 0. The minimum absolute atomic E-state index is 0.133. The van der Waals surface area contributed by atoms with E-state index in [1.165, 1.54) is 24.1 Å². The summed E-state index contributed by atoms with van der Waals surface area (Å²) in [6.45, 7) is 1.89. The van der Waals surface area contributed by atoms with Gasteiger partial charge in [0.05, 0.1) is 5.69 Å². The molecule has 0 unspecified atom stereocenters. The first-order valence-electron chi connectivity index (χ1n) is 6.30. The molecule has 1 saturated carbocycles. The van der Waals surface area contributed by atoms with Crippen LogP contribution in [-0.4, -0.2) is 17.4 Å². The molecule has 0 aromatic carbocycles. The molecule has 0 saturated heterocycles. The Kier molecular flexibility index (Phi) is 3.11. The fourth-order valence-corrected chi connectivity index (χ4v) is 3.30. The van der Waals surface area contributed by atoms with Crippen molar-refractivity contribution in [1.29, 1.82) is 0 Å². The zero-order valence-corrected chi connectivity index (χ0v) is 10.6. The topological polar surface area (TPSA) is 54.0 Å². The van der Waals surface area contributed by atoms with Crippen molar-refractivity contribution in [2.75, 3.05) is 11.9 Å². The zero-order valence-electron chi connectivity index (χ0n) is 9.79. The van der Waals surface area contributed by atoms with E-state index < -0.39 is 0 Å². The molecule has 2 heterocycles. The van der Waals surface area contributed by atoms with Crippen LogP contribution in [0.25, 0.3) is 0 Å². The molecular weight excluding hydrogens is 234 g/mol. The molecule has 0 atom stereocenters. The van der Waals surface area contributed by atoms with Gasteiger partial charge in [-0.1, -0.05) is 6.42 Å². The monoisotopic (exact) mass is 251 g/mol. The van der Waals surface area contributed by atoms with Gasteiger partial charge in [-0.25, -0.2) is 4.98 Å². The highest BCUT2D eigenvalue weighted by Gasteiger charge is 2.22. The highest BCUT2D eigenvalue weighted by molar-refractivity contribution is 7.15. The normalized spacial score (nSPS) is 19.5. The van der Waals surface area contributed by atoms with Gasteiger partial charge in [0.15, 0.2) is 5.13 Å². The first-order valence-corrected chi connectivity index (χ1v) is 7.12. The van der Waals surface area contributed by atoms with Crippen LogP contribution in [0.3, 0.4) is 0 Å². The zero-order chi connectivity index (χ0) is 11.7. The lowest BCUT2D eigenvalue weighted by Gasteiger charge is -2.24. The maximum atomic E-state index is 11.8. The predicted octanol–water partition coefficient (Wildman–Crippen LogP) is 1.92. The number of nitrogens with zero attached hydrogens (tertiary/aromatic N) is 1. The molecule has 1 amide bonds. The van der Waals surface area contributed by atoms with Crippen LogP contribution in [0.2, 0.25) is 0 Å². The summed E-state index contributed by atoms with van der Waals surface area (Å²) < 4.78 is 0. The quantitative estimate of drug-likeness (QED) is 0.863. The second-order valence-corrected chi connectivity index (χ2v) is 5.95. The number of thiazole rings is 1. The molecule has 5 heteroatoms. The number of aromatic nitrogens is 1. The van der Waals surface area contributed by atoms with Gasteiger partial charge in [0.1, 0.15) is 0 Å². The largest absolute Gasteiger partial charge is 0.311 e. The summed E-state index contributed by atoms with van der Waals surface area (Å²) in [5.41, 5.74) is 1.16. The Morgan fingerprint density at radius 2 is 2.41 bits per heavy atom. The molecular formula is C12H17N3OS. The number of nitrogens with one attached hydrogen (secondary N) is 2. The van der Waals surface area contributed by atoms with Gasteiger partial charge >= 0.3 is 0 Å². The maximum absolute atomic E-state index is 11.8. The molecule has 17 heavy (non-hydrogen) atoms. The van der Waals surface area contributed by atoms with Crippen LogP contribution in [0.1, 0.15) is 36.3 Å². The highest BCUT2D eigenvalue weighted by atomic mass is 32.1. The predicted molar refractivity (Wildman–Crippen MR) is 68.1 cm³/mol. The third kappa shape index (κ3) is 2.50. The molecule has 3 rings (SSSR count). The van der Waals surface area contributed by atoms with Crippen LogP contribution in [0.5, 0.6) is 0 Å². The van der Waals surface area contributed by atoms with E-state index in [4.69, 9.17) is 0 Å². The number of carbonyl (C=O) groups is 1. The number of carbonyl (C=O) groups excluding carboxylic acids is 1. The number of anilines is 1. The fourth-order valence-electron chi connectivity index (χ4n) is 2.31. The Balaban J connectivity index is 1.60. The summed E-state index contributed by atoms with van der Waals surface area (Å²) in [4.78, 5) is 17.5. The van der Waals surface area contributed by atoms with Gasteiger partial charge in [-0.15, -0.1) is 11.3 Å². The van der Waals surface area contributed by atoms with Gasteiger partial charge in [-0.05, 0) is 18.8 Å². The summed E-state index contributed by atoms with van der Waals surface area (Å²) >= 11 is 1.61. The first kappa shape index (κ1) is 11.2. The lowest BCUT2D eigenvalue weighted by molar-refractivity contribution is -0.117. The summed E-state index contributed by atoms with van der Waals surface area (Å²) in [7, 11) is 0. The van der Waals surface area contributed by atoms with Crippen LogP contribution in [0.4, 0.5) is 5.13 Å². The summed E-state index contributed by atoms with van der Waals surface area (Å²) in [5, 5.41) is 7.04. The molecule has 0 bridgehead atoms. The molecule has 1 aromatic rings. The molecule has 1 aromatic heterocycles. The molecule has 0 spiro atoms. The third-order valence-corrected chi connectivity index (χ3v) is 4.56. The Hall–Kier alpha value is -0.940. The molecule has 92 valence electrons. The Morgan fingerprint density at radius 1 is 1.53 bits per heavy atom. The van der Waals surface area contributed by atoms with E-state index in [0.29, 0.717) is 12.3 Å². The van der Waals surface area contributed by atoms with Crippen molar-refractivity contribution in [3.8, 4) is 0 Å². The number of hydrogen-bond donors (Lipinski definition) is 2. The van der Waals surface area contributed by atoms with Crippen molar-refractivity contribution >= 4 is 22.4 Å². The van der Waals surface area contributed by atoms with E-state index in [1.807, 2.05) is 0 Å². The second kappa shape index (κ2) is 4.74. The summed E-state index contributed by atoms with van der Waals surface area (Å²) in [6.07, 6.45) is 5.36. The summed E-state index contributed by atoms with van der Waals surface area (Å²) in [5.74, 6) is 0.750. The SMILES string of the molecule is O=C(CC1CCC1)Nc1nc2c(s1)CNCC2. The minimum Gasteiger partial charge on any atom is -0.311 e. The van der Waals surface area contributed by atoms with E-state index in [0.717, 1.165) is 30.3 Å². The van der Waals surface area contributed by atoms with Crippen LogP contribution in [0, 0.1) is 5.92 Å². The van der Waals surface area contributed by atoms with Crippen LogP contribution >= 0.6 is 11.3 Å². The molecule has 1 aliphatic carbocycles. The number of hydrogen-bond acceptors (Lipinski definition) is 4. The number of amides is 1. The Labute approximate surface area is 105 Å². The van der Waals surface area contributed by atoms with Crippen LogP contribution in [-0.2, 0) is 17.8 Å². The molecule has 1 fully saturated rings. The van der Waals surface area contributed by atoms with Crippen LogP contribution < -0.4 is 10.6 Å². The molecule has 2 N–H and O–H groups in total. The molecule has 4 nitrogen and oxygen atoms in total. The Morgan fingerprint density at radius 3 is 3.12 bits per heavy atom. The van der Waals surface area contributed by atoms with Crippen molar-refractivity contribution in [3.63, 3.8) is 0 Å². The highest BCUT2D eigenvalue weighted by Crippen LogP contribution is 2.30. The van der Waals surface area contributed by atoms with Gasteiger partial charge in [0, 0.05) is 30.8 Å². The number of fused-ring (bicyclic) bond motifs is 1. The van der Waals surface area contributed by atoms with Crippen molar-refractivity contribution in [2.45, 2.75) is 38.6 Å². The van der Waals surface area contributed by atoms with Crippen molar-refractivity contribution in [3.05, 3.63) is 10.6 Å². The van der Waals surface area contributed by atoms with Gasteiger partial charge in [0.2, 0.25) is 5.91 Å². The molecule has 1 aliphatic heterocycles. The molecule has 0 radical (unpaired) electrons. The standard InChI is InChI=1S/C12H17N3OS/c16-11(6-8-2-1-3-8)15-12-14-9-4-5-13-7-10(9)17-12/h8,13H,1-7H2,(H,14,15,16). The average Bonchev–Trinajstić information content (AvgIpc) is 2.65. The van der Waals surface area contributed by atoms with E-state index in [2.05, 4.69) is 15.6 Å². The first-order chi connectivity index (χ1) is 8.31. The average molecular weight is 251 g/mol. The lowest BCUT2D eigenvalue weighted by atomic mass is 9.83. The van der Waals surface area contributed by atoms with E-state index in [-0.39, 0.29) is 5.91 Å². The van der Waals surface area contributed by atoms with Gasteiger partial charge in [-0.2, -0.15) is 0 Å². The molecule has 2 aliphatic rings. The van der Waals surface area contributed by atoms with Crippen molar-refractivity contribution < 1.29 is 4.79 Å². The van der Waals surface area contributed by atoms with Gasteiger partial charge in [0.25, 0.3) is 0 Å².